The Morgan fingerprint density at radius 1 is 1.06 bits per heavy atom. The zero-order valence-corrected chi connectivity index (χ0v) is 21.9. The number of sulfonamides is 1. The molecular weight excluding hydrogens is 487 g/mol. The van der Waals surface area contributed by atoms with Crippen LogP contribution >= 0.6 is 0 Å². The molecule has 36 heavy (non-hydrogen) atoms. The maximum atomic E-state index is 13.9. The van der Waals surface area contributed by atoms with Crippen molar-refractivity contribution in [3.8, 4) is 5.75 Å². The zero-order chi connectivity index (χ0) is 26.1. The third-order valence-corrected chi connectivity index (χ3v) is 9.08. The standard InChI is InChI=1S/C26H33FN2O6S/c1-5-15-29-25(28-16-13-19(14-17-28)24(30)18-9-11-20(27)12-10-18)26(34-3,35-4)23-21(33-2)7-6-8-22(23)36(29,31)32/h6-12,19,25H,5,13-17H2,1-4H3. The van der Waals surface area contributed by atoms with Crippen LogP contribution in [0.25, 0.3) is 0 Å². The molecule has 10 heteroatoms. The van der Waals surface area contributed by atoms with Gasteiger partial charge < -0.3 is 14.2 Å². The molecule has 2 aromatic carbocycles. The molecule has 1 atom stereocenters. The molecule has 4 rings (SSSR count). The molecule has 2 aliphatic rings. The van der Waals surface area contributed by atoms with E-state index in [1.807, 2.05) is 11.8 Å². The number of nitrogens with zero attached hydrogens (tertiary/aromatic N) is 2. The number of carbonyl (C=O) groups is 1. The first-order valence-electron chi connectivity index (χ1n) is 12.1. The Morgan fingerprint density at radius 2 is 1.69 bits per heavy atom. The van der Waals surface area contributed by atoms with Gasteiger partial charge in [0.2, 0.25) is 15.8 Å². The Bertz CT molecular complexity index is 1190. The molecule has 0 bridgehead atoms. The van der Waals surface area contributed by atoms with Crippen LogP contribution in [0.15, 0.2) is 47.4 Å². The Hall–Kier alpha value is -2.37. The van der Waals surface area contributed by atoms with E-state index in [0.29, 0.717) is 49.2 Å². The smallest absolute Gasteiger partial charge is 0.245 e. The summed E-state index contributed by atoms with van der Waals surface area (Å²) in [6.07, 6.45) is 0.838. The molecule has 0 saturated carbocycles. The summed E-state index contributed by atoms with van der Waals surface area (Å²) >= 11 is 0. The number of hydrogen-bond acceptors (Lipinski definition) is 7. The van der Waals surface area contributed by atoms with Crippen LogP contribution in [0.4, 0.5) is 4.39 Å². The summed E-state index contributed by atoms with van der Waals surface area (Å²) in [5.41, 5.74) is 0.809. The summed E-state index contributed by atoms with van der Waals surface area (Å²) in [5, 5.41) is 0. The average Bonchev–Trinajstić information content (AvgIpc) is 2.90. The fraction of sp³-hybridized carbons (Fsp3) is 0.500. The Labute approximate surface area is 212 Å². The molecule has 2 aromatic rings. The lowest BCUT2D eigenvalue weighted by molar-refractivity contribution is -0.280. The minimum absolute atomic E-state index is 0.0342. The second-order valence-corrected chi connectivity index (χ2v) is 10.9. The van der Waals surface area contributed by atoms with E-state index in [1.54, 1.807) is 18.2 Å². The number of carbonyl (C=O) groups excluding carboxylic acids is 1. The van der Waals surface area contributed by atoms with Gasteiger partial charge in [-0.15, -0.1) is 0 Å². The van der Waals surface area contributed by atoms with Crippen LogP contribution in [0.3, 0.4) is 0 Å². The number of halogens is 1. The summed E-state index contributed by atoms with van der Waals surface area (Å²) in [4.78, 5) is 15.1. The highest BCUT2D eigenvalue weighted by Gasteiger charge is 2.59. The lowest BCUT2D eigenvalue weighted by Crippen LogP contribution is -2.67. The Balaban J connectivity index is 1.72. The predicted octanol–water partition coefficient (Wildman–Crippen LogP) is 3.62. The predicted molar refractivity (Wildman–Crippen MR) is 132 cm³/mol. The van der Waals surface area contributed by atoms with Crippen molar-refractivity contribution in [3.63, 3.8) is 0 Å². The third kappa shape index (κ3) is 4.35. The van der Waals surface area contributed by atoms with Gasteiger partial charge in [0.05, 0.1) is 17.6 Å². The number of piperidine rings is 1. The molecule has 0 radical (unpaired) electrons. The first-order chi connectivity index (χ1) is 17.2. The maximum absolute atomic E-state index is 13.9. The number of ketones is 1. The van der Waals surface area contributed by atoms with Gasteiger partial charge in [0.1, 0.15) is 17.7 Å². The van der Waals surface area contributed by atoms with Crippen molar-refractivity contribution in [2.45, 2.75) is 43.0 Å². The number of Topliss-reactive ketones (excluding diaryl/α,β-unsaturated/α-hetero) is 1. The number of rotatable bonds is 8. The fourth-order valence-electron chi connectivity index (χ4n) is 5.46. The van der Waals surface area contributed by atoms with Crippen molar-refractivity contribution < 1.29 is 31.8 Å². The summed E-state index contributed by atoms with van der Waals surface area (Å²) < 4.78 is 60.1. The quantitative estimate of drug-likeness (QED) is 0.388. The van der Waals surface area contributed by atoms with Crippen molar-refractivity contribution in [1.82, 2.24) is 9.21 Å². The lowest BCUT2D eigenvalue weighted by Gasteiger charge is -2.53. The third-order valence-electron chi connectivity index (χ3n) is 7.18. The summed E-state index contributed by atoms with van der Waals surface area (Å²) in [6, 6.07) is 10.5. The van der Waals surface area contributed by atoms with Gasteiger partial charge in [-0.25, -0.2) is 12.8 Å². The van der Waals surface area contributed by atoms with E-state index >= 15 is 0 Å². The maximum Gasteiger partial charge on any atom is 0.245 e. The lowest BCUT2D eigenvalue weighted by atomic mass is 9.87. The van der Waals surface area contributed by atoms with E-state index in [1.165, 1.54) is 49.9 Å². The molecule has 0 spiro atoms. The van der Waals surface area contributed by atoms with Crippen LogP contribution in [0, 0.1) is 11.7 Å². The van der Waals surface area contributed by atoms with Gasteiger partial charge in [-0.3, -0.25) is 9.69 Å². The van der Waals surface area contributed by atoms with Crippen LogP contribution in [0.2, 0.25) is 0 Å². The van der Waals surface area contributed by atoms with Crippen molar-refractivity contribution in [2.24, 2.45) is 5.92 Å². The largest absolute Gasteiger partial charge is 0.496 e. The van der Waals surface area contributed by atoms with E-state index in [9.17, 15) is 17.6 Å². The van der Waals surface area contributed by atoms with E-state index < -0.39 is 22.0 Å². The minimum Gasteiger partial charge on any atom is -0.496 e. The van der Waals surface area contributed by atoms with Gasteiger partial charge in [-0.2, -0.15) is 4.31 Å². The molecule has 0 amide bonds. The van der Waals surface area contributed by atoms with E-state index in [0.717, 1.165) is 0 Å². The zero-order valence-electron chi connectivity index (χ0n) is 21.1. The first kappa shape index (κ1) is 26.7. The van der Waals surface area contributed by atoms with E-state index in [4.69, 9.17) is 14.2 Å². The van der Waals surface area contributed by atoms with Crippen molar-refractivity contribution in [3.05, 3.63) is 59.4 Å². The summed E-state index contributed by atoms with van der Waals surface area (Å²) in [5.74, 6) is -1.75. The number of methoxy groups -OCH3 is 3. The van der Waals surface area contributed by atoms with Gasteiger partial charge in [-0.05, 0) is 55.7 Å². The molecule has 1 saturated heterocycles. The van der Waals surface area contributed by atoms with Gasteiger partial charge >= 0.3 is 0 Å². The van der Waals surface area contributed by atoms with Crippen molar-refractivity contribution in [1.29, 1.82) is 0 Å². The van der Waals surface area contributed by atoms with Crippen LogP contribution in [-0.4, -0.2) is 70.5 Å². The normalized spacial score (nSPS) is 22.2. The van der Waals surface area contributed by atoms with Crippen molar-refractivity contribution >= 4 is 15.8 Å². The number of benzene rings is 2. The van der Waals surface area contributed by atoms with Gasteiger partial charge in [0.15, 0.2) is 5.78 Å². The molecule has 1 unspecified atom stereocenters. The molecule has 0 aromatic heterocycles. The second-order valence-electron chi connectivity index (χ2n) is 9.08. The highest BCUT2D eigenvalue weighted by Crippen LogP contribution is 2.49. The van der Waals surface area contributed by atoms with Crippen LogP contribution in [0.5, 0.6) is 5.75 Å². The summed E-state index contributed by atoms with van der Waals surface area (Å²) in [7, 11) is 0.589. The van der Waals surface area contributed by atoms with Crippen LogP contribution < -0.4 is 4.74 Å². The SMILES string of the molecule is CCCN1C(N2CCC(C(=O)c3ccc(F)cc3)CC2)C(OC)(OC)c2c(OC)cccc2S1(=O)=O. The highest BCUT2D eigenvalue weighted by atomic mass is 32.2. The second kappa shape index (κ2) is 10.5. The van der Waals surface area contributed by atoms with Crippen LogP contribution in [-0.2, 0) is 25.3 Å². The van der Waals surface area contributed by atoms with E-state index in [2.05, 4.69) is 0 Å². The van der Waals surface area contributed by atoms with Crippen molar-refractivity contribution in [2.75, 3.05) is 41.0 Å². The van der Waals surface area contributed by atoms with Crippen LogP contribution in [0.1, 0.15) is 42.1 Å². The monoisotopic (exact) mass is 520 g/mol. The fourth-order valence-corrected chi connectivity index (χ4v) is 7.42. The molecule has 2 aliphatic heterocycles. The highest BCUT2D eigenvalue weighted by molar-refractivity contribution is 7.89. The molecule has 2 heterocycles. The summed E-state index contributed by atoms with van der Waals surface area (Å²) in [6.45, 7) is 3.10. The molecule has 196 valence electrons. The molecule has 0 aliphatic carbocycles. The average molecular weight is 521 g/mol. The Kier molecular flexibility index (Phi) is 7.82. The molecule has 0 N–H and O–H groups in total. The number of ether oxygens (including phenoxy) is 3. The minimum atomic E-state index is -3.90. The van der Waals surface area contributed by atoms with Gasteiger partial charge in [0, 0.05) is 45.3 Å². The number of hydrogen-bond donors (Lipinski definition) is 0. The molecule has 8 nitrogen and oxygen atoms in total. The first-order valence-corrected chi connectivity index (χ1v) is 13.5. The van der Waals surface area contributed by atoms with E-state index in [-0.39, 0.29) is 29.0 Å². The number of likely N-dealkylation sites (tertiary alicyclic amines) is 1. The van der Waals surface area contributed by atoms with Gasteiger partial charge in [0.25, 0.3) is 0 Å². The Morgan fingerprint density at radius 3 is 2.25 bits per heavy atom. The topological polar surface area (TPSA) is 85.4 Å². The molecular formula is C26H33FN2O6S. The number of fused-ring (bicyclic) bond motifs is 1. The molecule has 1 fully saturated rings. The van der Waals surface area contributed by atoms with Gasteiger partial charge in [-0.1, -0.05) is 13.0 Å².